The van der Waals surface area contributed by atoms with Crippen molar-refractivity contribution in [2.75, 3.05) is 11.9 Å². The van der Waals surface area contributed by atoms with Crippen LogP contribution in [0, 0.1) is 0 Å². The van der Waals surface area contributed by atoms with Crippen molar-refractivity contribution < 1.29 is 14.3 Å². The van der Waals surface area contributed by atoms with Gasteiger partial charge in [-0.2, -0.15) is 0 Å². The predicted molar refractivity (Wildman–Crippen MR) is 113 cm³/mol. The molecule has 2 heterocycles. The molecule has 1 atom stereocenters. The van der Waals surface area contributed by atoms with Crippen LogP contribution in [0.1, 0.15) is 34.9 Å². The molecule has 4 rings (SSSR count). The smallest absolute Gasteiger partial charge is 0.267 e. The normalized spacial score (nSPS) is 14.0. The maximum absolute atomic E-state index is 11.7. The molecule has 0 radical (unpaired) electrons. The molecule has 1 aliphatic carbocycles. The lowest BCUT2D eigenvalue weighted by Crippen LogP contribution is -2.30. The number of ether oxygens (including phenoxy) is 1. The van der Waals surface area contributed by atoms with Gasteiger partial charge in [0.15, 0.2) is 5.82 Å². The molecule has 0 saturated heterocycles. The number of primary amides is 1. The Balaban J connectivity index is 1.53. The summed E-state index contributed by atoms with van der Waals surface area (Å²) in [5, 5.41) is 2.85. The van der Waals surface area contributed by atoms with E-state index in [1.54, 1.807) is 36.7 Å². The molecule has 1 aliphatic rings. The summed E-state index contributed by atoms with van der Waals surface area (Å²) in [7, 11) is 0. The van der Waals surface area contributed by atoms with Gasteiger partial charge in [-0.05, 0) is 37.1 Å². The number of carbonyl (C=O) groups is 2. The average molecular weight is 419 g/mol. The number of aromatic nitrogens is 4. The monoisotopic (exact) mass is 419 g/mol. The third-order valence-electron chi connectivity index (χ3n) is 4.71. The van der Waals surface area contributed by atoms with Crippen molar-refractivity contribution >= 4 is 18.0 Å². The van der Waals surface area contributed by atoms with Gasteiger partial charge < -0.3 is 26.3 Å². The lowest BCUT2D eigenvalue weighted by Gasteiger charge is -2.13. The van der Waals surface area contributed by atoms with Gasteiger partial charge in [-0.3, -0.25) is 9.78 Å². The summed E-state index contributed by atoms with van der Waals surface area (Å²) in [6.45, 7) is 0.0747. The van der Waals surface area contributed by atoms with Gasteiger partial charge in [-0.25, -0.2) is 15.0 Å². The van der Waals surface area contributed by atoms with Crippen molar-refractivity contribution in [2.45, 2.75) is 24.8 Å². The maximum atomic E-state index is 11.7. The topological polar surface area (TPSA) is 159 Å². The van der Waals surface area contributed by atoms with E-state index in [1.807, 2.05) is 0 Å². The molecule has 1 fully saturated rings. The SMILES string of the molecule is NC[C@@H](C=O)Nc1cc(C(N)=O)nc(-c2ccc(Oc3cnc(C4CC4)cn3)cc2)n1. The Labute approximate surface area is 178 Å². The Bertz CT molecular complexity index is 1080. The van der Waals surface area contributed by atoms with Crippen LogP contribution in [0.2, 0.25) is 0 Å². The summed E-state index contributed by atoms with van der Waals surface area (Å²) in [5.41, 5.74) is 12.6. The molecule has 1 saturated carbocycles. The highest BCUT2D eigenvalue weighted by atomic mass is 16.5. The van der Waals surface area contributed by atoms with Crippen LogP contribution < -0.4 is 21.5 Å². The van der Waals surface area contributed by atoms with Crippen LogP contribution in [0.5, 0.6) is 11.6 Å². The number of rotatable bonds is 9. The molecular formula is C21H21N7O3. The summed E-state index contributed by atoms with van der Waals surface area (Å²) in [6.07, 6.45) is 6.34. The van der Waals surface area contributed by atoms with E-state index in [0.29, 0.717) is 29.4 Å². The predicted octanol–water partition coefficient (Wildman–Crippen LogP) is 1.64. The van der Waals surface area contributed by atoms with E-state index >= 15 is 0 Å². The standard InChI is InChI=1S/C21H21N7O3/c22-8-14(11-29)26-18-7-16(20(23)30)27-21(28-18)13-3-5-15(6-4-13)31-19-10-24-17(9-25-19)12-1-2-12/h3-7,9-12,14H,1-2,8,22H2,(H2,23,30)(H,26,27,28)/t14-/m0/s1. The highest BCUT2D eigenvalue weighted by Gasteiger charge is 2.25. The molecule has 0 spiro atoms. The van der Waals surface area contributed by atoms with Crippen LogP contribution in [0.4, 0.5) is 5.82 Å². The largest absolute Gasteiger partial charge is 0.438 e. The van der Waals surface area contributed by atoms with Crippen LogP contribution in [0.25, 0.3) is 11.4 Å². The zero-order chi connectivity index (χ0) is 21.8. The quantitative estimate of drug-likeness (QED) is 0.438. The van der Waals surface area contributed by atoms with Crippen molar-refractivity contribution in [1.29, 1.82) is 0 Å². The van der Waals surface area contributed by atoms with E-state index in [1.165, 1.54) is 6.07 Å². The summed E-state index contributed by atoms with van der Waals surface area (Å²) in [6, 6.07) is 7.67. The Hall–Kier alpha value is -3.92. The lowest BCUT2D eigenvalue weighted by atomic mass is 10.2. The van der Waals surface area contributed by atoms with Crippen LogP contribution in [-0.2, 0) is 4.79 Å². The second kappa shape index (κ2) is 8.84. The molecule has 31 heavy (non-hydrogen) atoms. The Kier molecular flexibility index (Phi) is 5.80. The number of hydrogen-bond acceptors (Lipinski definition) is 9. The van der Waals surface area contributed by atoms with Crippen LogP contribution in [-0.4, -0.2) is 44.7 Å². The fraction of sp³-hybridized carbons (Fsp3) is 0.238. The molecule has 10 heteroatoms. The Morgan fingerprint density at radius 3 is 2.55 bits per heavy atom. The van der Waals surface area contributed by atoms with Gasteiger partial charge in [-0.1, -0.05) is 0 Å². The summed E-state index contributed by atoms with van der Waals surface area (Å²) in [5.74, 6) is 1.31. The van der Waals surface area contributed by atoms with Gasteiger partial charge in [0.25, 0.3) is 5.91 Å². The number of nitrogens with two attached hydrogens (primary N) is 2. The molecule has 158 valence electrons. The second-order valence-electron chi connectivity index (χ2n) is 7.13. The first kappa shape index (κ1) is 20.4. The van der Waals surface area contributed by atoms with Gasteiger partial charge >= 0.3 is 0 Å². The van der Waals surface area contributed by atoms with Crippen LogP contribution >= 0.6 is 0 Å². The van der Waals surface area contributed by atoms with E-state index in [4.69, 9.17) is 16.2 Å². The van der Waals surface area contributed by atoms with E-state index in [0.717, 1.165) is 18.5 Å². The first-order chi connectivity index (χ1) is 15.1. The minimum absolute atomic E-state index is 0.0144. The van der Waals surface area contributed by atoms with Crippen LogP contribution in [0.3, 0.4) is 0 Å². The first-order valence-corrected chi connectivity index (χ1v) is 9.76. The van der Waals surface area contributed by atoms with Gasteiger partial charge in [0.05, 0.1) is 24.1 Å². The Morgan fingerprint density at radius 2 is 1.97 bits per heavy atom. The van der Waals surface area contributed by atoms with Crippen molar-refractivity contribution in [2.24, 2.45) is 11.5 Å². The van der Waals surface area contributed by atoms with Crippen molar-refractivity contribution in [3.63, 3.8) is 0 Å². The van der Waals surface area contributed by atoms with Gasteiger partial charge in [-0.15, -0.1) is 0 Å². The van der Waals surface area contributed by atoms with Gasteiger partial charge in [0.1, 0.15) is 23.5 Å². The number of anilines is 1. The summed E-state index contributed by atoms with van der Waals surface area (Å²) in [4.78, 5) is 40.0. The van der Waals surface area contributed by atoms with E-state index in [2.05, 4.69) is 25.3 Å². The zero-order valence-corrected chi connectivity index (χ0v) is 16.6. The molecular weight excluding hydrogens is 398 g/mol. The summed E-state index contributed by atoms with van der Waals surface area (Å²) >= 11 is 0. The van der Waals surface area contributed by atoms with Crippen LogP contribution in [0.15, 0.2) is 42.7 Å². The fourth-order valence-corrected chi connectivity index (χ4v) is 2.88. The van der Waals surface area contributed by atoms with E-state index in [9.17, 15) is 9.59 Å². The average Bonchev–Trinajstić information content (AvgIpc) is 3.64. The van der Waals surface area contributed by atoms with Gasteiger partial charge in [0.2, 0.25) is 5.88 Å². The molecule has 0 unspecified atom stereocenters. The summed E-state index contributed by atoms with van der Waals surface area (Å²) < 4.78 is 5.74. The highest BCUT2D eigenvalue weighted by molar-refractivity contribution is 5.92. The minimum atomic E-state index is -0.713. The molecule has 0 bridgehead atoms. The molecule has 10 nitrogen and oxygen atoms in total. The third-order valence-corrected chi connectivity index (χ3v) is 4.71. The molecule has 1 aromatic carbocycles. The van der Waals surface area contributed by atoms with Crippen molar-refractivity contribution in [1.82, 2.24) is 19.9 Å². The lowest BCUT2D eigenvalue weighted by molar-refractivity contribution is -0.108. The fourth-order valence-electron chi connectivity index (χ4n) is 2.88. The van der Waals surface area contributed by atoms with Crippen molar-refractivity contribution in [3.05, 3.63) is 54.1 Å². The Morgan fingerprint density at radius 1 is 1.19 bits per heavy atom. The molecule has 3 aromatic rings. The number of aldehydes is 1. The number of carbonyl (C=O) groups excluding carboxylic acids is 2. The molecule has 5 N–H and O–H groups in total. The first-order valence-electron chi connectivity index (χ1n) is 9.76. The highest BCUT2D eigenvalue weighted by Crippen LogP contribution is 2.38. The molecule has 1 amide bonds. The third kappa shape index (κ3) is 4.98. The van der Waals surface area contributed by atoms with E-state index in [-0.39, 0.29) is 23.9 Å². The number of amides is 1. The molecule has 2 aromatic heterocycles. The number of nitrogens with one attached hydrogen (secondary N) is 1. The van der Waals surface area contributed by atoms with E-state index < -0.39 is 11.9 Å². The minimum Gasteiger partial charge on any atom is -0.438 e. The van der Waals surface area contributed by atoms with Crippen molar-refractivity contribution in [3.8, 4) is 23.0 Å². The zero-order valence-electron chi connectivity index (χ0n) is 16.6. The number of hydrogen-bond donors (Lipinski definition) is 3. The molecule has 0 aliphatic heterocycles. The van der Waals surface area contributed by atoms with Gasteiger partial charge in [0, 0.05) is 24.1 Å². The number of nitrogens with zero attached hydrogens (tertiary/aromatic N) is 4. The maximum Gasteiger partial charge on any atom is 0.267 e. The number of benzene rings is 1. The second-order valence-corrected chi connectivity index (χ2v) is 7.13.